The van der Waals surface area contributed by atoms with Crippen LogP contribution in [0.15, 0.2) is 45.6 Å². The number of aromatic hydroxyl groups is 1. The summed E-state index contributed by atoms with van der Waals surface area (Å²) in [7, 11) is 1.65. The third-order valence-corrected chi connectivity index (χ3v) is 6.32. The summed E-state index contributed by atoms with van der Waals surface area (Å²) in [6.45, 7) is 6.09. The van der Waals surface area contributed by atoms with Gasteiger partial charge in [0.25, 0.3) is 0 Å². The van der Waals surface area contributed by atoms with E-state index in [0.29, 0.717) is 24.2 Å². The first-order chi connectivity index (χ1) is 14.0. The van der Waals surface area contributed by atoms with Gasteiger partial charge >= 0.3 is 5.63 Å². The van der Waals surface area contributed by atoms with Gasteiger partial charge < -0.3 is 14.3 Å². The standard InChI is InChI=1S/C24H28O4S/c1-5-17(13-16-8-10-18(27-4)11-9-16)23-20(6-2)22(25)21(24(26)28-23)14-19-12-7-15(3)29-19/h7-12,17,25H,5-6,13-14H2,1-4H3. The van der Waals surface area contributed by atoms with Crippen LogP contribution in [-0.4, -0.2) is 12.2 Å². The van der Waals surface area contributed by atoms with Crippen LogP contribution < -0.4 is 10.4 Å². The number of hydrogen-bond donors (Lipinski definition) is 1. The Kier molecular flexibility index (Phi) is 6.80. The molecule has 3 aromatic rings. The Hall–Kier alpha value is -2.53. The Labute approximate surface area is 175 Å². The number of thiophene rings is 1. The zero-order chi connectivity index (χ0) is 21.0. The van der Waals surface area contributed by atoms with Crippen molar-refractivity contribution in [2.45, 2.75) is 52.4 Å². The van der Waals surface area contributed by atoms with Crippen LogP contribution in [-0.2, 0) is 19.3 Å². The summed E-state index contributed by atoms with van der Waals surface area (Å²) >= 11 is 1.63. The number of aryl methyl sites for hydroxylation is 1. The maximum atomic E-state index is 12.8. The Bertz CT molecular complexity index is 1010. The minimum Gasteiger partial charge on any atom is -0.507 e. The topological polar surface area (TPSA) is 59.7 Å². The largest absolute Gasteiger partial charge is 0.507 e. The minimum atomic E-state index is -0.436. The molecule has 1 atom stereocenters. The fraction of sp³-hybridized carbons (Fsp3) is 0.375. The summed E-state index contributed by atoms with van der Waals surface area (Å²) in [4.78, 5) is 15.0. The molecule has 0 aliphatic carbocycles. The fourth-order valence-corrected chi connectivity index (χ4v) is 4.57. The lowest BCUT2D eigenvalue weighted by Crippen LogP contribution is -2.15. The van der Waals surface area contributed by atoms with Gasteiger partial charge in [0, 0.05) is 27.7 Å². The van der Waals surface area contributed by atoms with Gasteiger partial charge in [-0.25, -0.2) is 4.79 Å². The van der Waals surface area contributed by atoms with Gasteiger partial charge in [0.05, 0.1) is 12.7 Å². The van der Waals surface area contributed by atoms with Crippen molar-refractivity contribution >= 4 is 11.3 Å². The molecule has 2 aromatic heterocycles. The second-order valence-electron chi connectivity index (χ2n) is 7.26. The number of methoxy groups -OCH3 is 1. The minimum absolute atomic E-state index is 0.0231. The highest BCUT2D eigenvalue weighted by molar-refractivity contribution is 7.11. The molecule has 1 N–H and O–H groups in total. The van der Waals surface area contributed by atoms with Gasteiger partial charge in [0.15, 0.2) is 0 Å². The molecular formula is C24H28O4S. The van der Waals surface area contributed by atoms with Crippen LogP contribution in [0, 0.1) is 6.92 Å². The molecule has 0 aliphatic rings. The summed E-state index contributed by atoms with van der Waals surface area (Å²) in [5, 5.41) is 10.9. The van der Waals surface area contributed by atoms with Crippen molar-refractivity contribution in [2.75, 3.05) is 7.11 Å². The first-order valence-electron chi connectivity index (χ1n) is 10.0. The molecule has 0 bridgehead atoms. The van der Waals surface area contributed by atoms with E-state index in [0.717, 1.165) is 34.6 Å². The average molecular weight is 413 g/mol. The summed E-state index contributed by atoms with van der Waals surface area (Å²) in [5.74, 6) is 1.54. The lowest BCUT2D eigenvalue weighted by Gasteiger charge is -2.19. The predicted octanol–water partition coefficient (Wildman–Crippen LogP) is 5.61. The number of benzene rings is 1. The highest BCUT2D eigenvalue weighted by atomic mass is 32.1. The molecule has 2 heterocycles. The third-order valence-electron chi connectivity index (χ3n) is 5.32. The molecule has 0 saturated carbocycles. The Balaban J connectivity index is 1.95. The molecule has 5 heteroatoms. The van der Waals surface area contributed by atoms with Crippen molar-refractivity contribution < 1.29 is 14.3 Å². The van der Waals surface area contributed by atoms with Crippen LogP contribution in [0.3, 0.4) is 0 Å². The molecule has 0 fully saturated rings. The van der Waals surface area contributed by atoms with Crippen molar-refractivity contribution in [3.63, 3.8) is 0 Å². The lowest BCUT2D eigenvalue weighted by atomic mass is 9.90. The lowest BCUT2D eigenvalue weighted by molar-refractivity contribution is 0.377. The maximum absolute atomic E-state index is 12.8. The molecule has 1 aromatic carbocycles. The van der Waals surface area contributed by atoms with Crippen LogP contribution >= 0.6 is 11.3 Å². The normalized spacial score (nSPS) is 12.1. The van der Waals surface area contributed by atoms with Gasteiger partial charge in [-0.15, -0.1) is 11.3 Å². The summed E-state index contributed by atoms with van der Waals surface area (Å²) in [5.41, 5.74) is 1.80. The molecule has 1 unspecified atom stereocenters. The van der Waals surface area contributed by atoms with Crippen LogP contribution in [0.5, 0.6) is 11.5 Å². The smallest absolute Gasteiger partial charge is 0.343 e. The van der Waals surface area contributed by atoms with Gasteiger partial charge in [0.1, 0.15) is 17.3 Å². The van der Waals surface area contributed by atoms with E-state index < -0.39 is 5.63 Å². The summed E-state index contributed by atoms with van der Waals surface area (Å²) < 4.78 is 11.0. The van der Waals surface area contributed by atoms with Gasteiger partial charge in [-0.05, 0) is 56.0 Å². The highest BCUT2D eigenvalue weighted by Crippen LogP contribution is 2.34. The Morgan fingerprint density at radius 3 is 2.38 bits per heavy atom. The van der Waals surface area contributed by atoms with E-state index in [4.69, 9.17) is 9.15 Å². The second-order valence-corrected chi connectivity index (χ2v) is 8.63. The second kappa shape index (κ2) is 9.31. The van der Waals surface area contributed by atoms with Crippen molar-refractivity contribution in [1.29, 1.82) is 0 Å². The number of hydrogen-bond acceptors (Lipinski definition) is 5. The van der Waals surface area contributed by atoms with Crippen LogP contribution in [0.4, 0.5) is 0 Å². The quantitative estimate of drug-likeness (QED) is 0.522. The fourth-order valence-electron chi connectivity index (χ4n) is 3.67. The Morgan fingerprint density at radius 1 is 1.10 bits per heavy atom. The molecule has 0 spiro atoms. The Morgan fingerprint density at radius 2 is 1.83 bits per heavy atom. The van der Waals surface area contributed by atoms with Crippen molar-refractivity contribution in [3.8, 4) is 11.5 Å². The van der Waals surface area contributed by atoms with E-state index in [9.17, 15) is 9.90 Å². The molecule has 3 rings (SSSR count). The van der Waals surface area contributed by atoms with E-state index in [2.05, 4.69) is 6.92 Å². The summed E-state index contributed by atoms with van der Waals surface area (Å²) in [6.07, 6.45) is 2.56. The summed E-state index contributed by atoms with van der Waals surface area (Å²) in [6, 6.07) is 11.9. The molecule has 0 radical (unpaired) electrons. The first-order valence-corrected chi connectivity index (χ1v) is 10.8. The molecule has 29 heavy (non-hydrogen) atoms. The SMILES string of the molecule is CCc1c(C(CC)Cc2ccc(OC)cc2)oc(=O)c(Cc2ccc(C)s2)c1O. The predicted molar refractivity (Wildman–Crippen MR) is 118 cm³/mol. The van der Waals surface area contributed by atoms with E-state index in [1.165, 1.54) is 4.88 Å². The average Bonchev–Trinajstić information content (AvgIpc) is 3.14. The van der Waals surface area contributed by atoms with Crippen molar-refractivity contribution in [3.05, 3.63) is 79.0 Å². The third kappa shape index (κ3) is 4.73. The molecule has 0 amide bonds. The number of rotatable bonds is 8. The van der Waals surface area contributed by atoms with Gasteiger partial charge in [-0.1, -0.05) is 26.0 Å². The molecule has 0 saturated heterocycles. The van der Waals surface area contributed by atoms with Gasteiger partial charge in [-0.3, -0.25) is 0 Å². The van der Waals surface area contributed by atoms with E-state index >= 15 is 0 Å². The zero-order valence-corrected chi connectivity index (χ0v) is 18.3. The van der Waals surface area contributed by atoms with E-state index in [1.807, 2.05) is 50.2 Å². The molecular weight excluding hydrogens is 384 g/mol. The first kappa shape index (κ1) is 21.2. The van der Waals surface area contributed by atoms with Gasteiger partial charge in [0.2, 0.25) is 0 Å². The van der Waals surface area contributed by atoms with E-state index in [1.54, 1.807) is 18.4 Å². The molecule has 4 nitrogen and oxygen atoms in total. The number of ether oxygens (including phenoxy) is 1. The van der Waals surface area contributed by atoms with Crippen LogP contribution in [0.2, 0.25) is 0 Å². The molecule has 0 aliphatic heterocycles. The zero-order valence-electron chi connectivity index (χ0n) is 17.5. The monoisotopic (exact) mass is 412 g/mol. The highest BCUT2D eigenvalue weighted by Gasteiger charge is 2.24. The molecule has 154 valence electrons. The van der Waals surface area contributed by atoms with Crippen molar-refractivity contribution in [2.24, 2.45) is 0 Å². The van der Waals surface area contributed by atoms with Crippen molar-refractivity contribution in [1.82, 2.24) is 0 Å². The van der Waals surface area contributed by atoms with E-state index in [-0.39, 0.29) is 11.7 Å². The van der Waals surface area contributed by atoms with Crippen LogP contribution in [0.25, 0.3) is 0 Å². The van der Waals surface area contributed by atoms with Crippen LogP contribution in [0.1, 0.15) is 58.4 Å². The van der Waals surface area contributed by atoms with Gasteiger partial charge in [-0.2, -0.15) is 0 Å². The maximum Gasteiger partial charge on any atom is 0.343 e.